The average Bonchev–Trinajstić information content (AvgIpc) is 2.58. The lowest BCUT2D eigenvalue weighted by Crippen LogP contribution is -2.07. The Labute approximate surface area is 152 Å². The topological polar surface area (TPSA) is 62.7 Å². The van der Waals surface area contributed by atoms with Gasteiger partial charge in [0.1, 0.15) is 0 Å². The standard InChI is InChI=1S/C17H13ClF3N5/c1-10-4-2-3-5-14(10)24-16-25-15(9-22-26-16)23-11-6-7-13(18)12(8-11)17(19,20)21/h2-9H,1H3,(H2,23,24,25,26). The molecule has 0 saturated carbocycles. The van der Waals surface area contributed by atoms with Crippen molar-refractivity contribution in [1.29, 1.82) is 0 Å². The summed E-state index contributed by atoms with van der Waals surface area (Å²) in [6.07, 6.45) is -3.23. The van der Waals surface area contributed by atoms with E-state index in [4.69, 9.17) is 11.6 Å². The van der Waals surface area contributed by atoms with Crippen molar-refractivity contribution in [3.63, 3.8) is 0 Å². The van der Waals surface area contributed by atoms with Crippen LogP contribution in [-0.2, 0) is 6.18 Å². The van der Waals surface area contributed by atoms with Gasteiger partial charge in [-0.25, -0.2) is 0 Å². The lowest BCUT2D eigenvalue weighted by Gasteiger charge is -2.12. The summed E-state index contributed by atoms with van der Waals surface area (Å²) < 4.78 is 38.9. The van der Waals surface area contributed by atoms with Crippen LogP contribution in [-0.4, -0.2) is 15.2 Å². The Balaban J connectivity index is 1.82. The average molecular weight is 380 g/mol. The van der Waals surface area contributed by atoms with Gasteiger partial charge in [-0.3, -0.25) is 0 Å². The van der Waals surface area contributed by atoms with E-state index >= 15 is 0 Å². The minimum Gasteiger partial charge on any atom is -0.339 e. The number of nitrogens with zero attached hydrogens (tertiary/aromatic N) is 3. The maximum atomic E-state index is 13.0. The smallest absolute Gasteiger partial charge is 0.339 e. The Bertz CT molecular complexity index is 930. The van der Waals surface area contributed by atoms with Crippen LogP contribution in [0.4, 0.5) is 36.3 Å². The molecule has 0 atom stereocenters. The molecule has 0 bridgehead atoms. The van der Waals surface area contributed by atoms with Gasteiger partial charge in [0.15, 0.2) is 5.82 Å². The largest absolute Gasteiger partial charge is 0.417 e. The molecule has 1 aromatic heterocycles. The molecule has 134 valence electrons. The molecule has 1 heterocycles. The van der Waals surface area contributed by atoms with Crippen molar-refractivity contribution in [2.75, 3.05) is 10.6 Å². The van der Waals surface area contributed by atoms with Crippen LogP contribution in [0.1, 0.15) is 11.1 Å². The van der Waals surface area contributed by atoms with Crippen LogP contribution in [0, 0.1) is 6.92 Å². The van der Waals surface area contributed by atoms with Gasteiger partial charge in [-0.1, -0.05) is 29.8 Å². The number of anilines is 4. The quantitative estimate of drug-likeness (QED) is 0.640. The summed E-state index contributed by atoms with van der Waals surface area (Å²) in [6, 6.07) is 11.0. The number of hydrogen-bond donors (Lipinski definition) is 2. The molecule has 0 aliphatic rings. The second-order valence-electron chi connectivity index (χ2n) is 5.42. The Morgan fingerprint density at radius 2 is 1.81 bits per heavy atom. The van der Waals surface area contributed by atoms with Crippen LogP contribution in [0.25, 0.3) is 0 Å². The number of aromatic nitrogens is 3. The second-order valence-corrected chi connectivity index (χ2v) is 5.83. The molecule has 9 heteroatoms. The number of alkyl halides is 3. The van der Waals surface area contributed by atoms with Gasteiger partial charge in [-0.15, -0.1) is 5.10 Å². The fraction of sp³-hybridized carbons (Fsp3) is 0.118. The lowest BCUT2D eigenvalue weighted by atomic mass is 10.2. The summed E-state index contributed by atoms with van der Waals surface area (Å²) in [5.41, 5.74) is 1.05. The molecular weight excluding hydrogens is 367 g/mol. The minimum atomic E-state index is -4.55. The molecule has 5 nitrogen and oxygen atoms in total. The van der Waals surface area contributed by atoms with E-state index in [9.17, 15) is 13.2 Å². The molecule has 2 N–H and O–H groups in total. The summed E-state index contributed by atoms with van der Waals surface area (Å²) in [5, 5.41) is 13.1. The fourth-order valence-corrected chi connectivity index (χ4v) is 2.44. The number of rotatable bonds is 4. The molecular formula is C17H13ClF3N5. The maximum Gasteiger partial charge on any atom is 0.417 e. The molecule has 0 radical (unpaired) electrons. The molecule has 0 aliphatic carbocycles. The molecule has 0 fully saturated rings. The lowest BCUT2D eigenvalue weighted by molar-refractivity contribution is -0.137. The van der Waals surface area contributed by atoms with Crippen molar-refractivity contribution in [3.8, 4) is 0 Å². The van der Waals surface area contributed by atoms with Gasteiger partial charge in [0.05, 0.1) is 16.8 Å². The number of hydrogen-bond acceptors (Lipinski definition) is 5. The number of para-hydroxylation sites is 1. The molecule has 0 amide bonds. The van der Waals surface area contributed by atoms with Crippen LogP contribution < -0.4 is 10.6 Å². The Morgan fingerprint density at radius 1 is 1.04 bits per heavy atom. The van der Waals surface area contributed by atoms with Crippen LogP contribution in [0.3, 0.4) is 0 Å². The van der Waals surface area contributed by atoms with Crippen LogP contribution in [0.15, 0.2) is 48.7 Å². The highest BCUT2D eigenvalue weighted by Gasteiger charge is 2.33. The summed E-state index contributed by atoms with van der Waals surface area (Å²) >= 11 is 5.62. The van der Waals surface area contributed by atoms with Gasteiger partial charge in [-0.2, -0.15) is 23.3 Å². The van der Waals surface area contributed by atoms with Crippen molar-refractivity contribution < 1.29 is 13.2 Å². The van der Waals surface area contributed by atoms with Gasteiger partial charge in [0, 0.05) is 11.4 Å². The minimum absolute atomic E-state index is 0.184. The zero-order valence-corrected chi connectivity index (χ0v) is 14.2. The van der Waals surface area contributed by atoms with Crippen LogP contribution in [0.2, 0.25) is 5.02 Å². The molecule has 3 aromatic rings. The number of benzene rings is 2. The summed E-state index contributed by atoms with van der Waals surface area (Å²) in [5.74, 6) is 0.459. The molecule has 3 rings (SSSR count). The zero-order valence-electron chi connectivity index (χ0n) is 13.5. The third kappa shape index (κ3) is 4.20. The molecule has 2 aromatic carbocycles. The second kappa shape index (κ2) is 7.17. The first kappa shape index (κ1) is 17.9. The van der Waals surface area contributed by atoms with Crippen molar-refractivity contribution in [1.82, 2.24) is 15.2 Å². The molecule has 0 spiro atoms. The number of nitrogens with one attached hydrogen (secondary N) is 2. The van der Waals surface area contributed by atoms with Crippen LogP contribution in [0.5, 0.6) is 0 Å². The third-order valence-electron chi connectivity index (χ3n) is 3.49. The van der Waals surface area contributed by atoms with E-state index in [2.05, 4.69) is 25.8 Å². The van der Waals surface area contributed by atoms with Crippen molar-refractivity contribution >= 4 is 34.7 Å². The fourth-order valence-electron chi connectivity index (χ4n) is 2.22. The monoisotopic (exact) mass is 379 g/mol. The normalized spacial score (nSPS) is 11.3. The summed E-state index contributed by atoms with van der Waals surface area (Å²) in [4.78, 5) is 4.21. The van der Waals surface area contributed by atoms with Gasteiger partial charge in [0.25, 0.3) is 0 Å². The number of aryl methyl sites for hydroxylation is 1. The first-order chi connectivity index (χ1) is 12.3. The van der Waals surface area contributed by atoms with Gasteiger partial charge in [0.2, 0.25) is 5.95 Å². The molecule has 0 saturated heterocycles. The van der Waals surface area contributed by atoms with Gasteiger partial charge in [-0.05, 0) is 36.8 Å². The first-order valence-electron chi connectivity index (χ1n) is 7.49. The van der Waals surface area contributed by atoms with E-state index in [1.54, 1.807) is 0 Å². The summed E-state index contributed by atoms with van der Waals surface area (Å²) in [6.45, 7) is 1.92. The zero-order chi connectivity index (χ0) is 18.7. The first-order valence-corrected chi connectivity index (χ1v) is 7.87. The van der Waals surface area contributed by atoms with E-state index in [1.807, 2.05) is 31.2 Å². The van der Waals surface area contributed by atoms with E-state index in [0.717, 1.165) is 17.3 Å². The number of halogens is 4. The molecule has 26 heavy (non-hydrogen) atoms. The van der Waals surface area contributed by atoms with Crippen molar-refractivity contribution in [2.24, 2.45) is 0 Å². The SMILES string of the molecule is Cc1ccccc1Nc1nncc(Nc2ccc(Cl)c(C(F)(F)F)c2)n1. The van der Waals surface area contributed by atoms with E-state index in [-0.39, 0.29) is 22.5 Å². The summed E-state index contributed by atoms with van der Waals surface area (Å²) in [7, 11) is 0. The highest BCUT2D eigenvalue weighted by atomic mass is 35.5. The Hall–Kier alpha value is -2.87. The Kier molecular flexibility index (Phi) is 4.94. The molecule has 0 aliphatic heterocycles. The Morgan fingerprint density at radius 3 is 2.54 bits per heavy atom. The van der Waals surface area contributed by atoms with E-state index in [1.165, 1.54) is 18.3 Å². The van der Waals surface area contributed by atoms with E-state index in [0.29, 0.717) is 0 Å². The predicted molar refractivity (Wildman–Crippen MR) is 94.0 cm³/mol. The highest BCUT2D eigenvalue weighted by Crippen LogP contribution is 2.36. The van der Waals surface area contributed by atoms with Crippen LogP contribution >= 0.6 is 11.6 Å². The van der Waals surface area contributed by atoms with Crippen molar-refractivity contribution in [3.05, 3.63) is 64.8 Å². The third-order valence-corrected chi connectivity index (χ3v) is 3.82. The highest BCUT2D eigenvalue weighted by molar-refractivity contribution is 6.31. The van der Waals surface area contributed by atoms with Crippen molar-refractivity contribution in [2.45, 2.75) is 13.1 Å². The van der Waals surface area contributed by atoms with Gasteiger partial charge >= 0.3 is 6.18 Å². The maximum absolute atomic E-state index is 13.0. The molecule has 0 unspecified atom stereocenters. The van der Waals surface area contributed by atoms with Gasteiger partial charge < -0.3 is 10.6 Å². The predicted octanol–water partition coefficient (Wildman–Crippen LogP) is 5.34. The van der Waals surface area contributed by atoms with E-state index < -0.39 is 11.7 Å².